The number of rotatable bonds is 6. The molecule has 1 aliphatic carbocycles. The first-order chi connectivity index (χ1) is 9.25. The van der Waals surface area contributed by atoms with Crippen LogP contribution >= 0.6 is 0 Å². The first-order valence-electron chi connectivity index (χ1n) is 6.90. The second-order valence-corrected chi connectivity index (χ2v) is 5.01. The fraction of sp³-hybridized carbons (Fsp3) is 0.533. The average Bonchev–Trinajstić information content (AvgIpc) is 2.45. The first kappa shape index (κ1) is 13.9. The predicted octanol–water partition coefficient (Wildman–Crippen LogP) is 2.30. The van der Waals surface area contributed by atoms with Crippen LogP contribution in [0.2, 0.25) is 0 Å². The molecule has 1 saturated carbocycles. The molecular weight excluding hydrogens is 242 g/mol. The molecule has 0 radical (unpaired) electrons. The summed E-state index contributed by atoms with van der Waals surface area (Å²) in [5.74, 6) is 0.0321. The van der Waals surface area contributed by atoms with E-state index in [-0.39, 0.29) is 5.92 Å². The summed E-state index contributed by atoms with van der Waals surface area (Å²) in [5.41, 5.74) is 0. The average molecular weight is 263 g/mol. The minimum absolute atomic E-state index is 0.179. The van der Waals surface area contributed by atoms with E-state index in [0.717, 1.165) is 38.0 Å². The summed E-state index contributed by atoms with van der Waals surface area (Å²) < 4.78 is 5.59. The summed E-state index contributed by atoms with van der Waals surface area (Å²) in [7, 11) is 0. The second kappa shape index (κ2) is 7.14. The summed E-state index contributed by atoms with van der Waals surface area (Å²) in [4.78, 5) is 11.0. The molecule has 0 amide bonds. The van der Waals surface area contributed by atoms with Crippen LogP contribution in [0.1, 0.15) is 25.7 Å². The van der Waals surface area contributed by atoms with Gasteiger partial charge in [0.05, 0.1) is 5.92 Å². The van der Waals surface area contributed by atoms with Crippen molar-refractivity contribution in [3.05, 3.63) is 30.3 Å². The van der Waals surface area contributed by atoms with Crippen LogP contribution in [-0.4, -0.2) is 30.3 Å². The summed E-state index contributed by atoms with van der Waals surface area (Å²) >= 11 is 0. The molecule has 4 nitrogen and oxygen atoms in total. The quantitative estimate of drug-likeness (QED) is 0.773. The fourth-order valence-corrected chi connectivity index (χ4v) is 2.55. The summed E-state index contributed by atoms with van der Waals surface area (Å²) in [6, 6.07) is 10.0. The predicted molar refractivity (Wildman–Crippen MR) is 73.3 cm³/mol. The second-order valence-electron chi connectivity index (χ2n) is 5.01. The lowest BCUT2D eigenvalue weighted by atomic mass is 9.86. The molecule has 104 valence electrons. The van der Waals surface area contributed by atoms with Crippen molar-refractivity contribution in [1.29, 1.82) is 0 Å². The summed E-state index contributed by atoms with van der Waals surface area (Å²) in [6.07, 6.45) is 3.61. The molecule has 0 bridgehead atoms. The van der Waals surface area contributed by atoms with Gasteiger partial charge in [0.2, 0.25) is 0 Å². The Hall–Kier alpha value is -1.55. The molecule has 2 atom stereocenters. The number of hydrogen-bond acceptors (Lipinski definition) is 3. The van der Waals surface area contributed by atoms with Crippen LogP contribution in [0.15, 0.2) is 30.3 Å². The zero-order valence-corrected chi connectivity index (χ0v) is 11.0. The Balaban J connectivity index is 1.64. The number of aliphatic carboxylic acids is 1. The Morgan fingerprint density at radius 1 is 1.32 bits per heavy atom. The van der Waals surface area contributed by atoms with E-state index in [4.69, 9.17) is 9.84 Å². The number of carbonyl (C=O) groups is 1. The summed E-state index contributed by atoms with van der Waals surface area (Å²) in [6.45, 7) is 1.37. The molecule has 2 N–H and O–H groups in total. The molecule has 0 aromatic heterocycles. The summed E-state index contributed by atoms with van der Waals surface area (Å²) in [5, 5.41) is 12.4. The van der Waals surface area contributed by atoms with Crippen molar-refractivity contribution >= 4 is 5.97 Å². The van der Waals surface area contributed by atoms with E-state index < -0.39 is 5.97 Å². The van der Waals surface area contributed by atoms with E-state index in [1.54, 1.807) is 0 Å². The zero-order valence-electron chi connectivity index (χ0n) is 11.0. The van der Waals surface area contributed by atoms with E-state index in [0.29, 0.717) is 12.6 Å². The number of benzene rings is 1. The molecule has 1 fully saturated rings. The van der Waals surface area contributed by atoms with Crippen LogP contribution in [0.25, 0.3) is 0 Å². The van der Waals surface area contributed by atoms with Gasteiger partial charge in [-0.25, -0.2) is 0 Å². The van der Waals surface area contributed by atoms with Gasteiger partial charge in [-0.05, 0) is 31.4 Å². The molecule has 1 aromatic rings. The molecule has 0 aliphatic heterocycles. The van der Waals surface area contributed by atoms with Crippen LogP contribution in [0.5, 0.6) is 5.75 Å². The highest BCUT2D eigenvalue weighted by molar-refractivity contribution is 5.70. The topological polar surface area (TPSA) is 58.6 Å². The first-order valence-corrected chi connectivity index (χ1v) is 6.90. The van der Waals surface area contributed by atoms with Crippen LogP contribution in [0.3, 0.4) is 0 Å². The zero-order chi connectivity index (χ0) is 13.5. The van der Waals surface area contributed by atoms with Crippen molar-refractivity contribution in [1.82, 2.24) is 5.32 Å². The van der Waals surface area contributed by atoms with Gasteiger partial charge in [-0.2, -0.15) is 0 Å². The Kier molecular flexibility index (Phi) is 5.21. The maximum Gasteiger partial charge on any atom is 0.306 e. The number of nitrogens with one attached hydrogen (secondary N) is 1. The minimum atomic E-state index is -0.660. The molecule has 0 spiro atoms. The molecule has 2 unspecified atom stereocenters. The smallest absolute Gasteiger partial charge is 0.306 e. The highest BCUT2D eigenvalue weighted by Gasteiger charge is 2.26. The monoisotopic (exact) mass is 263 g/mol. The molecule has 4 heteroatoms. The van der Waals surface area contributed by atoms with Crippen LogP contribution in [-0.2, 0) is 4.79 Å². The lowest BCUT2D eigenvalue weighted by molar-refractivity contribution is -0.143. The molecular formula is C15H21NO3. The third-order valence-electron chi connectivity index (χ3n) is 3.57. The van der Waals surface area contributed by atoms with E-state index in [9.17, 15) is 4.79 Å². The third-order valence-corrected chi connectivity index (χ3v) is 3.57. The Bertz CT molecular complexity index is 394. The molecule has 1 aliphatic rings. The van der Waals surface area contributed by atoms with Crippen LogP contribution < -0.4 is 10.1 Å². The largest absolute Gasteiger partial charge is 0.492 e. The maximum absolute atomic E-state index is 11.0. The van der Waals surface area contributed by atoms with Crippen molar-refractivity contribution in [3.8, 4) is 5.75 Å². The van der Waals surface area contributed by atoms with Crippen molar-refractivity contribution in [3.63, 3.8) is 0 Å². The van der Waals surface area contributed by atoms with Gasteiger partial charge in [-0.1, -0.05) is 24.6 Å². The van der Waals surface area contributed by atoms with E-state index in [1.807, 2.05) is 30.3 Å². The molecule has 2 rings (SSSR count). The Morgan fingerprint density at radius 3 is 2.84 bits per heavy atom. The lowest BCUT2D eigenvalue weighted by Gasteiger charge is -2.27. The van der Waals surface area contributed by atoms with Crippen molar-refractivity contribution in [2.75, 3.05) is 13.2 Å². The van der Waals surface area contributed by atoms with Gasteiger partial charge >= 0.3 is 5.97 Å². The van der Waals surface area contributed by atoms with Gasteiger partial charge in [0, 0.05) is 12.6 Å². The SMILES string of the molecule is O=C(O)C1CCCC(NCCOc2ccccc2)C1. The standard InChI is InChI=1S/C15H21NO3/c17-15(18)12-5-4-6-13(11-12)16-9-10-19-14-7-2-1-3-8-14/h1-3,7-8,12-13,16H,4-6,9-11H2,(H,17,18). The fourth-order valence-electron chi connectivity index (χ4n) is 2.55. The van der Waals surface area contributed by atoms with Crippen molar-refractivity contribution in [2.45, 2.75) is 31.7 Å². The van der Waals surface area contributed by atoms with Crippen LogP contribution in [0.4, 0.5) is 0 Å². The van der Waals surface area contributed by atoms with E-state index in [1.165, 1.54) is 0 Å². The van der Waals surface area contributed by atoms with Gasteiger partial charge in [0.1, 0.15) is 12.4 Å². The number of para-hydroxylation sites is 1. The maximum atomic E-state index is 11.0. The Labute approximate surface area is 113 Å². The number of ether oxygens (including phenoxy) is 1. The highest BCUT2D eigenvalue weighted by Crippen LogP contribution is 2.24. The van der Waals surface area contributed by atoms with Gasteiger partial charge in [0.25, 0.3) is 0 Å². The molecule has 19 heavy (non-hydrogen) atoms. The van der Waals surface area contributed by atoms with Gasteiger partial charge in [-0.3, -0.25) is 4.79 Å². The van der Waals surface area contributed by atoms with E-state index >= 15 is 0 Å². The number of carboxylic acid groups (broad SMARTS) is 1. The lowest BCUT2D eigenvalue weighted by Crippen LogP contribution is -2.38. The van der Waals surface area contributed by atoms with Gasteiger partial charge in [0.15, 0.2) is 0 Å². The van der Waals surface area contributed by atoms with Crippen molar-refractivity contribution < 1.29 is 14.6 Å². The van der Waals surface area contributed by atoms with Crippen molar-refractivity contribution in [2.24, 2.45) is 5.92 Å². The molecule has 1 aromatic carbocycles. The minimum Gasteiger partial charge on any atom is -0.492 e. The third kappa shape index (κ3) is 4.56. The normalized spacial score (nSPS) is 22.9. The molecule has 0 heterocycles. The van der Waals surface area contributed by atoms with Gasteiger partial charge in [-0.15, -0.1) is 0 Å². The Morgan fingerprint density at radius 2 is 2.11 bits per heavy atom. The van der Waals surface area contributed by atoms with Crippen LogP contribution in [0, 0.1) is 5.92 Å². The number of hydrogen-bond donors (Lipinski definition) is 2. The number of carboxylic acids is 1. The molecule has 0 saturated heterocycles. The van der Waals surface area contributed by atoms with E-state index in [2.05, 4.69) is 5.32 Å². The van der Waals surface area contributed by atoms with Gasteiger partial charge < -0.3 is 15.2 Å². The highest BCUT2D eigenvalue weighted by atomic mass is 16.5.